The molecule has 0 fully saturated rings. The van der Waals surface area contributed by atoms with Crippen LogP contribution in [0.25, 0.3) is 0 Å². The molecule has 1 aromatic heterocycles. The van der Waals surface area contributed by atoms with E-state index in [0.717, 1.165) is 5.01 Å². The zero-order valence-corrected chi connectivity index (χ0v) is 9.10. The minimum Gasteiger partial charge on any atom is -0.477 e. The van der Waals surface area contributed by atoms with E-state index < -0.39 is 18.1 Å². The van der Waals surface area contributed by atoms with E-state index in [1.54, 1.807) is 12.1 Å². The number of thiophene rings is 1. The molecule has 1 atom stereocenters. The highest BCUT2D eigenvalue weighted by Gasteiger charge is 2.37. The lowest BCUT2D eigenvalue weighted by atomic mass is 10.5. The topological polar surface area (TPSA) is 79.2 Å². The molecule has 1 N–H and O–H groups in total. The maximum absolute atomic E-state index is 11.2. The number of ether oxygens (including phenoxy) is 1. The molecule has 1 aliphatic heterocycles. The van der Waals surface area contributed by atoms with Crippen LogP contribution in [0.4, 0.5) is 0 Å². The van der Waals surface area contributed by atoms with Gasteiger partial charge in [-0.25, -0.2) is 4.79 Å². The molecule has 1 aliphatic rings. The van der Waals surface area contributed by atoms with Crippen LogP contribution in [0.15, 0.2) is 22.6 Å². The van der Waals surface area contributed by atoms with Crippen LogP contribution in [-0.2, 0) is 14.3 Å². The molecule has 0 bridgehead atoms. The lowest BCUT2D eigenvalue weighted by Crippen LogP contribution is -2.38. The molecule has 0 spiro atoms. The van der Waals surface area contributed by atoms with Crippen molar-refractivity contribution in [2.24, 2.45) is 5.10 Å². The van der Waals surface area contributed by atoms with Crippen molar-refractivity contribution in [2.45, 2.75) is 13.2 Å². The third-order valence-corrected chi connectivity index (χ3v) is 2.77. The van der Waals surface area contributed by atoms with Crippen molar-refractivity contribution in [2.75, 3.05) is 0 Å². The number of hydrogen-bond acceptors (Lipinski definition) is 5. The van der Waals surface area contributed by atoms with Crippen molar-refractivity contribution < 1.29 is 19.4 Å². The molecule has 84 valence electrons. The zero-order chi connectivity index (χ0) is 11.7. The summed E-state index contributed by atoms with van der Waals surface area (Å²) in [6.07, 6.45) is -1.37. The van der Waals surface area contributed by atoms with Gasteiger partial charge < -0.3 is 9.84 Å². The Morgan fingerprint density at radius 1 is 1.62 bits per heavy atom. The summed E-state index contributed by atoms with van der Waals surface area (Å²) in [7, 11) is 0. The fraction of sp³-hybridized carbons (Fsp3) is 0.222. The Morgan fingerprint density at radius 2 is 2.38 bits per heavy atom. The van der Waals surface area contributed by atoms with Crippen LogP contribution in [0, 0.1) is 0 Å². The Bertz CT molecular complexity index is 454. The molecular weight excluding hydrogens is 232 g/mol. The van der Waals surface area contributed by atoms with E-state index in [4.69, 9.17) is 9.84 Å². The standard InChI is InChI=1S/C9H8N2O4S/c1-5(12)11-8(9(13)14)15-7(10-11)6-3-2-4-16-6/h2-4,8H,1H3,(H,13,14). The summed E-state index contributed by atoms with van der Waals surface area (Å²) in [5.41, 5.74) is 0. The van der Waals surface area contributed by atoms with Crippen LogP contribution in [0.2, 0.25) is 0 Å². The Kier molecular flexibility index (Phi) is 2.61. The van der Waals surface area contributed by atoms with Crippen molar-refractivity contribution in [3.63, 3.8) is 0 Å². The minimum absolute atomic E-state index is 0.164. The molecule has 1 aromatic rings. The van der Waals surface area contributed by atoms with Gasteiger partial charge in [0, 0.05) is 6.92 Å². The van der Waals surface area contributed by atoms with E-state index in [-0.39, 0.29) is 5.90 Å². The highest BCUT2D eigenvalue weighted by Crippen LogP contribution is 2.20. The second-order valence-electron chi connectivity index (χ2n) is 3.05. The van der Waals surface area contributed by atoms with E-state index in [2.05, 4.69) is 5.10 Å². The van der Waals surface area contributed by atoms with Gasteiger partial charge in [-0.1, -0.05) is 6.07 Å². The molecule has 0 aromatic carbocycles. The highest BCUT2D eigenvalue weighted by atomic mass is 32.1. The van der Waals surface area contributed by atoms with Crippen molar-refractivity contribution in [3.05, 3.63) is 22.4 Å². The summed E-state index contributed by atoms with van der Waals surface area (Å²) in [6, 6.07) is 3.53. The largest absolute Gasteiger partial charge is 0.477 e. The number of hydrogen-bond donors (Lipinski definition) is 1. The smallest absolute Gasteiger partial charge is 0.368 e. The number of carbonyl (C=O) groups excluding carboxylic acids is 1. The minimum atomic E-state index is -1.37. The van der Waals surface area contributed by atoms with E-state index in [9.17, 15) is 9.59 Å². The summed E-state index contributed by atoms with van der Waals surface area (Å²) in [6.45, 7) is 1.24. The highest BCUT2D eigenvalue weighted by molar-refractivity contribution is 7.12. The van der Waals surface area contributed by atoms with E-state index in [0.29, 0.717) is 4.88 Å². The molecule has 0 radical (unpaired) electrons. The van der Waals surface area contributed by atoms with E-state index in [1.165, 1.54) is 18.3 Å². The summed E-state index contributed by atoms with van der Waals surface area (Å²) >= 11 is 1.36. The van der Waals surface area contributed by atoms with Crippen LogP contribution in [-0.4, -0.2) is 34.1 Å². The van der Waals surface area contributed by atoms with Crippen LogP contribution < -0.4 is 0 Å². The second kappa shape index (κ2) is 3.93. The maximum Gasteiger partial charge on any atom is 0.368 e. The SMILES string of the molecule is CC(=O)N1N=C(c2cccs2)OC1C(=O)O. The van der Waals surface area contributed by atoms with Gasteiger partial charge in [-0.3, -0.25) is 4.79 Å². The first-order valence-electron chi connectivity index (χ1n) is 4.41. The third kappa shape index (κ3) is 1.76. The van der Waals surface area contributed by atoms with Gasteiger partial charge in [0.1, 0.15) is 0 Å². The number of hydrazone groups is 1. The Hall–Kier alpha value is -1.89. The van der Waals surface area contributed by atoms with Crippen LogP contribution in [0.3, 0.4) is 0 Å². The molecule has 0 saturated heterocycles. The Morgan fingerprint density at radius 3 is 2.81 bits per heavy atom. The molecule has 16 heavy (non-hydrogen) atoms. The monoisotopic (exact) mass is 240 g/mol. The zero-order valence-electron chi connectivity index (χ0n) is 8.28. The van der Waals surface area contributed by atoms with E-state index >= 15 is 0 Å². The molecule has 1 unspecified atom stereocenters. The average molecular weight is 240 g/mol. The number of aliphatic carboxylic acids is 1. The fourth-order valence-electron chi connectivity index (χ4n) is 1.23. The quantitative estimate of drug-likeness (QED) is 0.825. The summed E-state index contributed by atoms with van der Waals surface area (Å²) < 4.78 is 5.11. The molecule has 0 aliphatic carbocycles. The number of nitrogens with zero attached hydrogens (tertiary/aromatic N) is 2. The molecular formula is C9H8N2O4S. The van der Waals surface area contributed by atoms with Gasteiger partial charge in [0.2, 0.25) is 5.91 Å². The van der Waals surface area contributed by atoms with Gasteiger partial charge in [-0.05, 0) is 11.4 Å². The summed E-state index contributed by atoms with van der Waals surface area (Å²) in [5, 5.41) is 15.3. The van der Waals surface area contributed by atoms with E-state index in [1.807, 2.05) is 5.38 Å². The molecule has 0 saturated carbocycles. The predicted molar refractivity (Wildman–Crippen MR) is 55.9 cm³/mol. The second-order valence-corrected chi connectivity index (χ2v) is 4.00. The molecule has 2 heterocycles. The van der Waals surface area contributed by atoms with Gasteiger partial charge in [0.25, 0.3) is 12.1 Å². The first kappa shape index (κ1) is 10.6. The van der Waals surface area contributed by atoms with Gasteiger partial charge >= 0.3 is 5.97 Å². The summed E-state index contributed by atoms with van der Waals surface area (Å²) in [4.78, 5) is 22.7. The number of carboxylic acid groups (broad SMARTS) is 1. The number of carboxylic acids is 1. The lowest BCUT2D eigenvalue weighted by Gasteiger charge is -2.13. The Balaban J connectivity index is 2.29. The number of carbonyl (C=O) groups is 2. The Labute approximate surface area is 94.7 Å². The number of amides is 1. The van der Waals surface area contributed by atoms with Gasteiger partial charge in [0.15, 0.2) is 0 Å². The predicted octanol–water partition coefficient (Wildman–Crippen LogP) is 0.699. The lowest BCUT2D eigenvalue weighted by molar-refractivity contribution is -0.159. The molecule has 2 rings (SSSR count). The fourth-order valence-corrected chi connectivity index (χ4v) is 1.88. The van der Waals surface area contributed by atoms with Crippen LogP contribution >= 0.6 is 11.3 Å². The van der Waals surface area contributed by atoms with Crippen molar-refractivity contribution in [1.82, 2.24) is 5.01 Å². The molecule has 1 amide bonds. The summed E-state index contributed by atoms with van der Waals surface area (Å²) in [5.74, 6) is -1.55. The first-order chi connectivity index (χ1) is 7.59. The van der Waals surface area contributed by atoms with Crippen molar-refractivity contribution in [3.8, 4) is 0 Å². The van der Waals surface area contributed by atoms with Gasteiger partial charge in [0.05, 0.1) is 4.88 Å². The van der Waals surface area contributed by atoms with Gasteiger partial charge in [-0.15, -0.1) is 16.4 Å². The maximum atomic E-state index is 11.2. The molecule has 6 nitrogen and oxygen atoms in total. The molecule has 7 heteroatoms. The normalized spacial score (nSPS) is 19.2. The average Bonchev–Trinajstić information content (AvgIpc) is 2.86. The van der Waals surface area contributed by atoms with Crippen LogP contribution in [0.5, 0.6) is 0 Å². The van der Waals surface area contributed by atoms with Crippen molar-refractivity contribution in [1.29, 1.82) is 0 Å². The first-order valence-corrected chi connectivity index (χ1v) is 5.29. The number of rotatable bonds is 2. The van der Waals surface area contributed by atoms with Crippen LogP contribution in [0.1, 0.15) is 11.8 Å². The van der Waals surface area contributed by atoms with Gasteiger partial charge in [-0.2, -0.15) is 5.01 Å². The van der Waals surface area contributed by atoms with Crippen molar-refractivity contribution >= 4 is 29.1 Å². The third-order valence-electron chi connectivity index (χ3n) is 1.91.